The Labute approximate surface area is 127 Å². The lowest BCUT2D eigenvalue weighted by Gasteiger charge is -2.37. The first-order valence-corrected chi connectivity index (χ1v) is 7.89. The van der Waals surface area contributed by atoms with E-state index in [0.717, 1.165) is 43.9 Å². The van der Waals surface area contributed by atoms with Crippen molar-refractivity contribution in [2.45, 2.75) is 45.7 Å². The summed E-state index contributed by atoms with van der Waals surface area (Å²) < 4.78 is 5.63. The third-order valence-electron chi connectivity index (χ3n) is 3.89. The first-order valence-electron chi connectivity index (χ1n) is 7.89. The largest absolute Gasteiger partial charge is 0.494 e. The maximum atomic E-state index is 12.6. The molecular weight excluding hydrogens is 264 g/mol. The third-order valence-corrected chi connectivity index (χ3v) is 3.89. The van der Waals surface area contributed by atoms with E-state index in [0.29, 0.717) is 6.04 Å². The Balaban J connectivity index is 1.98. The summed E-state index contributed by atoms with van der Waals surface area (Å²) in [4.78, 5) is 14.5. The predicted octanol–water partition coefficient (Wildman–Crippen LogP) is 2.69. The molecule has 4 heteroatoms. The van der Waals surface area contributed by atoms with Crippen molar-refractivity contribution in [3.63, 3.8) is 0 Å². The molecule has 21 heavy (non-hydrogen) atoms. The van der Waals surface area contributed by atoms with E-state index in [2.05, 4.69) is 26.1 Å². The quantitative estimate of drug-likeness (QED) is 0.848. The fourth-order valence-corrected chi connectivity index (χ4v) is 2.50. The zero-order chi connectivity index (χ0) is 15.2. The van der Waals surface area contributed by atoms with Gasteiger partial charge in [0.05, 0.1) is 6.61 Å². The van der Waals surface area contributed by atoms with Crippen molar-refractivity contribution in [2.75, 3.05) is 19.7 Å². The van der Waals surface area contributed by atoms with Crippen LogP contribution in [0.3, 0.4) is 0 Å². The summed E-state index contributed by atoms with van der Waals surface area (Å²) in [7, 11) is 0. The maximum Gasteiger partial charge on any atom is 0.254 e. The number of piperazine rings is 1. The summed E-state index contributed by atoms with van der Waals surface area (Å²) in [5, 5.41) is 3.39. The minimum Gasteiger partial charge on any atom is -0.494 e. The Hall–Kier alpha value is -1.55. The minimum absolute atomic E-state index is 0.107. The van der Waals surface area contributed by atoms with Crippen LogP contribution in [0.4, 0.5) is 0 Å². The highest BCUT2D eigenvalue weighted by Gasteiger charge is 2.27. The van der Waals surface area contributed by atoms with Gasteiger partial charge in [-0.05, 0) is 44.5 Å². The van der Waals surface area contributed by atoms with Crippen LogP contribution in [0.5, 0.6) is 5.75 Å². The number of benzene rings is 1. The number of carbonyl (C=O) groups excluding carboxylic acids is 1. The highest BCUT2D eigenvalue weighted by Crippen LogP contribution is 2.17. The summed E-state index contributed by atoms with van der Waals surface area (Å²) in [6.07, 6.45) is 2.17. The van der Waals surface area contributed by atoms with E-state index in [1.165, 1.54) is 0 Å². The molecule has 0 bridgehead atoms. The maximum absolute atomic E-state index is 12.6. The van der Waals surface area contributed by atoms with E-state index in [1.807, 2.05) is 29.2 Å². The summed E-state index contributed by atoms with van der Waals surface area (Å²) in [6, 6.07) is 8.08. The molecule has 2 atom stereocenters. The van der Waals surface area contributed by atoms with Crippen molar-refractivity contribution in [3.05, 3.63) is 29.8 Å². The molecule has 0 radical (unpaired) electrons. The number of rotatable bonds is 5. The van der Waals surface area contributed by atoms with E-state index in [4.69, 9.17) is 4.74 Å². The minimum atomic E-state index is 0.107. The van der Waals surface area contributed by atoms with E-state index in [-0.39, 0.29) is 11.9 Å². The van der Waals surface area contributed by atoms with Gasteiger partial charge in [0, 0.05) is 30.7 Å². The molecule has 1 aromatic rings. The zero-order valence-corrected chi connectivity index (χ0v) is 13.3. The van der Waals surface area contributed by atoms with Crippen molar-refractivity contribution in [1.82, 2.24) is 10.2 Å². The molecule has 1 fully saturated rings. The number of unbranched alkanes of at least 4 members (excludes halogenated alkanes) is 1. The van der Waals surface area contributed by atoms with Crippen molar-refractivity contribution in [2.24, 2.45) is 0 Å². The predicted molar refractivity (Wildman–Crippen MR) is 84.8 cm³/mol. The highest BCUT2D eigenvalue weighted by molar-refractivity contribution is 5.94. The number of hydrogen-bond donors (Lipinski definition) is 1. The molecule has 1 aliphatic rings. The van der Waals surface area contributed by atoms with Gasteiger partial charge in [-0.2, -0.15) is 0 Å². The molecule has 1 aromatic carbocycles. The highest BCUT2D eigenvalue weighted by atomic mass is 16.5. The molecule has 2 rings (SSSR count). The van der Waals surface area contributed by atoms with Crippen LogP contribution in [0.2, 0.25) is 0 Å². The van der Waals surface area contributed by atoms with Crippen LogP contribution in [0.15, 0.2) is 24.3 Å². The smallest absolute Gasteiger partial charge is 0.254 e. The van der Waals surface area contributed by atoms with Crippen molar-refractivity contribution in [1.29, 1.82) is 0 Å². The van der Waals surface area contributed by atoms with Gasteiger partial charge in [0.25, 0.3) is 5.91 Å². The van der Waals surface area contributed by atoms with Gasteiger partial charge < -0.3 is 15.0 Å². The van der Waals surface area contributed by atoms with Crippen LogP contribution in [-0.4, -0.2) is 42.6 Å². The Morgan fingerprint density at radius 3 is 2.71 bits per heavy atom. The van der Waals surface area contributed by atoms with Crippen molar-refractivity contribution >= 4 is 5.91 Å². The Morgan fingerprint density at radius 2 is 2.05 bits per heavy atom. The standard InChI is InChI=1S/C17H26N2O2/c1-4-5-10-21-16-8-6-15(7-9-16)17(20)19-12-13(2)18-11-14(19)3/h6-9,13-14,18H,4-5,10-12H2,1-3H3. The normalized spacial score (nSPS) is 22.1. The Kier molecular flexibility index (Phi) is 5.62. The van der Waals surface area contributed by atoms with E-state index in [9.17, 15) is 4.79 Å². The molecule has 1 N–H and O–H groups in total. The van der Waals surface area contributed by atoms with Gasteiger partial charge in [-0.15, -0.1) is 0 Å². The van der Waals surface area contributed by atoms with Gasteiger partial charge in [0.15, 0.2) is 0 Å². The summed E-state index contributed by atoms with van der Waals surface area (Å²) in [5.74, 6) is 0.942. The van der Waals surface area contributed by atoms with Crippen molar-refractivity contribution < 1.29 is 9.53 Å². The third kappa shape index (κ3) is 4.21. The van der Waals surface area contributed by atoms with Crippen LogP contribution >= 0.6 is 0 Å². The number of carbonyl (C=O) groups is 1. The van der Waals surface area contributed by atoms with Crippen LogP contribution in [0, 0.1) is 0 Å². The summed E-state index contributed by atoms with van der Waals surface area (Å²) in [5.41, 5.74) is 0.735. The second-order valence-electron chi connectivity index (χ2n) is 5.84. The lowest BCUT2D eigenvalue weighted by Crippen LogP contribution is -2.56. The van der Waals surface area contributed by atoms with Crippen LogP contribution < -0.4 is 10.1 Å². The number of ether oxygens (including phenoxy) is 1. The van der Waals surface area contributed by atoms with Gasteiger partial charge in [0.2, 0.25) is 0 Å². The molecule has 0 saturated carbocycles. The monoisotopic (exact) mass is 290 g/mol. The molecule has 116 valence electrons. The molecule has 4 nitrogen and oxygen atoms in total. The Bertz CT molecular complexity index is 458. The number of nitrogens with one attached hydrogen (secondary N) is 1. The first kappa shape index (κ1) is 15.8. The van der Waals surface area contributed by atoms with Crippen LogP contribution in [-0.2, 0) is 0 Å². The molecule has 0 aliphatic carbocycles. The topological polar surface area (TPSA) is 41.6 Å². The first-order chi connectivity index (χ1) is 10.1. The summed E-state index contributed by atoms with van der Waals surface area (Å²) in [6.45, 7) is 8.67. The molecule has 2 unspecified atom stereocenters. The second-order valence-corrected chi connectivity index (χ2v) is 5.84. The van der Waals surface area contributed by atoms with Crippen molar-refractivity contribution in [3.8, 4) is 5.75 Å². The van der Waals surface area contributed by atoms with Crippen LogP contribution in [0.25, 0.3) is 0 Å². The molecular formula is C17H26N2O2. The second kappa shape index (κ2) is 7.46. The van der Waals surface area contributed by atoms with Gasteiger partial charge >= 0.3 is 0 Å². The fraction of sp³-hybridized carbons (Fsp3) is 0.588. The van der Waals surface area contributed by atoms with Crippen LogP contribution in [0.1, 0.15) is 44.0 Å². The number of amides is 1. The zero-order valence-electron chi connectivity index (χ0n) is 13.3. The van der Waals surface area contributed by atoms with E-state index in [1.54, 1.807) is 0 Å². The molecule has 1 saturated heterocycles. The molecule has 0 spiro atoms. The molecule has 1 amide bonds. The molecule has 1 aliphatic heterocycles. The van der Waals surface area contributed by atoms with E-state index < -0.39 is 0 Å². The van der Waals surface area contributed by atoms with Gasteiger partial charge in [0.1, 0.15) is 5.75 Å². The average Bonchev–Trinajstić information content (AvgIpc) is 2.50. The lowest BCUT2D eigenvalue weighted by atomic mass is 10.1. The van der Waals surface area contributed by atoms with Gasteiger partial charge in [-0.1, -0.05) is 13.3 Å². The Morgan fingerprint density at radius 1 is 1.33 bits per heavy atom. The van der Waals surface area contributed by atoms with Gasteiger partial charge in [-0.3, -0.25) is 4.79 Å². The average molecular weight is 290 g/mol. The fourth-order valence-electron chi connectivity index (χ4n) is 2.50. The van der Waals surface area contributed by atoms with Gasteiger partial charge in [-0.25, -0.2) is 0 Å². The SMILES string of the molecule is CCCCOc1ccc(C(=O)N2CC(C)NCC2C)cc1. The van der Waals surface area contributed by atoms with E-state index >= 15 is 0 Å². The number of nitrogens with zero attached hydrogens (tertiary/aromatic N) is 1. The molecule has 1 heterocycles. The number of hydrogen-bond acceptors (Lipinski definition) is 3. The summed E-state index contributed by atoms with van der Waals surface area (Å²) >= 11 is 0. The lowest BCUT2D eigenvalue weighted by molar-refractivity contribution is 0.0616. The molecule has 0 aromatic heterocycles.